The van der Waals surface area contributed by atoms with E-state index in [9.17, 15) is 4.39 Å². The summed E-state index contributed by atoms with van der Waals surface area (Å²) in [5, 5.41) is 3.34. The first-order valence-corrected chi connectivity index (χ1v) is 7.10. The van der Waals surface area contributed by atoms with Crippen molar-refractivity contribution in [2.45, 2.75) is 19.5 Å². The van der Waals surface area contributed by atoms with Gasteiger partial charge in [-0.1, -0.05) is 17.7 Å². The molecule has 1 N–H and O–H groups in total. The summed E-state index contributed by atoms with van der Waals surface area (Å²) in [6.07, 6.45) is 0. The molecule has 0 amide bonds. The van der Waals surface area contributed by atoms with E-state index in [2.05, 4.69) is 5.32 Å². The summed E-state index contributed by atoms with van der Waals surface area (Å²) >= 11 is 7.42. The number of methoxy groups -OCH3 is 1. The Morgan fingerprint density at radius 1 is 1.37 bits per heavy atom. The van der Waals surface area contributed by atoms with Crippen LogP contribution in [-0.4, -0.2) is 7.11 Å². The van der Waals surface area contributed by atoms with Gasteiger partial charge in [0.2, 0.25) is 0 Å². The minimum Gasteiger partial charge on any atom is -0.494 e. The second-order valence-electron chi connectivity index (χ2n) is 4.20. The van der Waals surface area contributed by atoms with Gasteiger partial charge in [0.05, 0.1) is 11.4 Å². The summed E-state index contributed by atoms with van der Waals surface area (Å²) in [6.45, 7) is 2.71. The molecule has 1 unspecified atom stereocenters. The largest absolute Gasteiger partial charge is 0.494 e. The zero-order valence-electron chi connectivity index (χ0n) is 10.7. The maximum Gasteiger partial charge on any atom is 0.165 e. The van der Waals surface area contributed by atoms with Crippen molar-refractivity contribution in [1.82, 2.24) is 5.32 Å². The molecule has 1 aromatic heterocycles. The van der Waals surface area contributed by atoms with Crippen LogP contribution in [0, 0.1) is 5.82 Å². The zero-order valence-corrected chi connectivity index (χ0v) is 12.3. The fourth-order valence-electron chi connectivity index (χ4n) is 1.77. The lowest BCUT2D eigenvalue weighted by Gasteiger charge is -2.14. The van der Waals surface area contributed by atoms with E-state index in [1.165, 1.54) is 13.2 Å². The summed E-state index contributed by atoms with van der Waals surface area (Å²) in [5.74, 6) is -0.0752. The van der Waals surface area contributed by atoms with Crippen LogP contribution in [0.5, 0.6) is 5.75 Å². The highest BCUT2D eigenvalue weighted by Crippen LogP contribution is 2.24. The van der Waals surface area contributed by atoms with Crippen LogP contribution >= 0.6 is 22.9 Å². The first kappa shape index (κ1) is 14.3. The van der Waals surface area contributed by atoms with Gasteiger partial charge in [0.25, 0.3) is 0 Å². The van der Waals surface area contributed by atoms with Crippen molar-refractivity contribution in [3.8, 4) is 5.75 Å². The highest BCUT2D eigenvalue weighted by molar-refractivity contribution is 7.16. The van der Waals surface area contributed by atoms with Crippen molar-refractivity contribution in [3.05, 3.63) is 50.9 Å². The molecule has 0 fully saturated rings. The molecule has 1 atom stereocenters. The third kappa shape index (κ3) is 3.69. The van der Waals surface area contributed by atoms with Gasteiger partial charge in [-0.05, 0) is 36.8 Å². The van der Waals surface area contributed by atoms with Crippen molar-refractivity contribution in [3.63, 3.8) is 0 Å². The lowest BCUT2D eigenvalue weighted by Crippen LogP contribution is -2.17. The number of ether oxygens (including phenoxy) is 1. The third-order valence-corrected chi connectivity index (χ3v) is 4.12. The molecule has 2 rings (SSSR count). The van der Waals surface area contributed by atoms with Gasteiger partial charge in [-0.2, -0.15) is 0 Å². The van der Waals surface area contributed by atoms with Crippen LogP contribution in [0.3, 0.4) is 0 Å². The number of hydrogen-bond donors (Lipinski definition) is 1. The third-order valence-electron chi connectivity index (χ3n) is 2.89. The van der Waals surface area contributed by atoms with Crippen LogP contribution in [-0.2, 0) is 6.54 Å². The molecule has 0 saturated carbocycles. The summed E-state index contributed by atoms with van der Waals surface area (Å²) in [4.78, 5) is 1.16. The Morgan fingerprint density at radius 2 is 2.16 bits per heavy atom. The Labute approximate surface area is 121 Å². The van der Waals surface area contributed by atoms with Crippen molar-refractivity contribution < 1.29 is 9.13 Å². The number of rotatable bonds is 5. The lowest BCUT2D eigenvalue weighted by molar-refractivity contribution is 0.385. The standard InChI is InChI=1S/C14H15ClFNOS/c1-9(17-8-11-4-6-14(15)19-11)10-3-5-13(18-2)12(16)7-10/h3-7,9,17H,8H2,1-2H3. The SMILES string of the molecule is COc1ccc(C(C)NCc2ccc(Cl)s2)cc1F. The van der Waals surface area contributed by atoms with Gasteiger partial charge < -0.3 is 10.1 Å². The zero-order chi connectivity index (χ0) is 13.8. The van der Waals surface area contributed by atoms with Gasteiger partial charge in [-0.25, -0.2) is 4.39 Å². The van der Waals surface area contributed by atoms with E-state index in [4.69, 9.17) is 16.3 Å². The molecule has 0 aliphatic heterocycles. The topological polar surface area (TPSA) is 21.3 Å². The van der Waals surface area contributed by atoms with E-state index in [0.29, 0.717) is 6.54 Å². The molecule has 19 heavy (non-hydrogen) atoms. The van der Waals surface area contributed by atoms with E-state index < -0.39 is 0 Å². The molecular formula is C14H15ClFNOS. The molecule has 0 aliphatic carbocycles. The van der Waals surface area contributed by atoms with E-state index in [1.807, 2.05) is 25.1 Å². The first-order valence-electron chi connectivity index (χ1n) is 5.91. The molecule has 1 heterocycles. The lowest BCUT2D eigenvalue weighted by atomic mass is 10.1. The summed E-state index contributed by atoms with van der Waals surface area (Å²) < 4.78 is 19.3. The van der Waals surface area contributed by atoms with Crippen LogP contribution in [0.1, 0.15) is 23.4 Å². The molecule has 0 bridgehead atoms. The van der Waals surface area contributed by atoms with E-state index >= 15 is 0 Å². The molecule has 5 heteroatoms. The number of benzene rings is 1. The molecule has 0 aliphatic rings. The molecule has 2 aromatic rings. The number of thiophene rings is 1. The fraction of sp³-hybridized carbons (Fsp3) is 0.286. The van der Waals surface area contributed by atoms with Gasteiger partial charge in [0.15, 0.2) is 11.6 Å². The van der Waals surface area contributed by atoms with Crippen LogP contribution in [0.4, 0.5) is 4.39 Å². The fourth-order valence-corrected chi connectivity index (χ4v) is 2.81. The van der Waals surface area contributed by atoms with Crippen LogP contribution in [0.15, 0.2) is 30.3 Å². The average Bonchev–Trinajstić information content (AvgIpc) is 2.81. The van der Waals surface area contributed by atoms with Gasteiger partial charge in [-0.15, -0.1) is 11.3 Å². The number of nitrogens with one attached hydrogen (secondary N) is 1. The van der Waals surface area contributed by atoms with Crippen molar-refractivity contribution in [2.24, 2.45) is 0 Å². The monoisotopic (exact) mass is 299 g/mol. The minimum absolute atomic E-state index is 0.0567. The smallest absolute Gasteiger partial charge is 0.165 e. The number of halogens is 2. The second-order valence-corrected chi connectivity index (χ2v) is 6.00. The predicted octanol–water partition coefficient (Wildman–Crippen LogP) is 4.40. The van der Waals surface area contributed by atoms with Crippen LogP contribution in [0.25, 0.3) is 0 Å². The van der Waals surface area contributed by atoms with Gasteiger partial charge in [0, 0.05) is 17.5 Å². The van der Waals surface area contributed by atoms with Crippen LogP contribution in [0.2, 0.25) is 4.34 Å². The quantitative estimate of drug-likeness (QED) is 0.883. The minimum atomic E-state index is -0.340. The predicted molar refractivity (Wildman–Crippen MR) is 77.5 cm³/mol. The first-order chi connectivity index (χ1) is 9.10. The molecule has 0 radical (unpaired) electrons. The van der Waals surface area contributed by atoms with Crippen molar-refractivity contribution in [1.29, 1.82) is 0 Å². The average molecular weight is 300 g/mol. The van der Waals surface area contributed by atoms with Crippen molar-refractivity contribution >= 4 is 22.9 Å². The van der Waals surface area contributed by atoms with E-state index in [1.54, 1.807) is 17.4 Å². The molecule has 0 spiro atoms. The summed E-state index contributed by atoms with van der Waals surface area (Å²) in [6, 6.07) is 8.92. The normalized spacial score (nSPS) is 12.4. The van der Waals surface area contributed by atoms with Gasteiger partial charge in [0.1, 0.15) is 0 Å². The summed E-state index contributed by atoms with van der Waals surface area (Å²) in [5.41, 5.74) is 0.890. The van der Waals surface area contributed by atoms with Gasteiger partial charge >= 0.3 is 0 Å². The van der Waals surface area contributed by atoms with Gasteiger partial charge in [-0.3, -0.25) is 0 Å². The Kier molecular flexibility index (Phi) is 4.80. The Balaban J connectivity index is 1.99. The van der Waals surface area contributed by atoms with E-state index in [0.717, 1.165) is 14.8 Å². The molecule has 2 nitrogen and oxygen atoms in total. The maximum absolute atomic E-state index is 13.6. The Bertz CT molecular complexity index is 558. The molecule has 102 valence electrons. The Morgan fingerprint density at radius 3 is 2.74 bits per heavy atom. The summed E-state index contributed by atoms with van der Waals surface area (Å²) in [7, 11) is 1.46. The second kappa shape index (κ2) is 6.37. The molecular weight excluding hydrogens is 285 g/mol. The van der Waals surface area contributed by atoms with Crippen molar-refractivity contribution in [2.75, 3.05) is 7.11 Å². The van der Waals surface area contributed by atoms with Crippen LogP contribution < -0.4 is 10.1 Å². The molecule has 0 saturated heterocycles. The Hall–Kier alpha value is -1.10. The highest BCUT2D eigenvalue weighted by atomic mass is 35.5. The number of hydrogen-bond acceptors (Lipinski definition) is 3. The maximum atomic E-state index is 13.6. The van der Waals surface area contributed by atoms with E-state index in [-0.39, 0.29) is 17.6 Å². The highest BCUT2D eigenvalue weighted by Gasteiger charge is 2.09. The molecule has 1 aromatic carbocycles.